The number of aryl methyl sites for hydroxylation is 2. The molecule has 1 amide bonds. The standard InChI is InChI=1S/C23H25FN2OS/c1-4-25(5-2)23(27)22-20-16-8-6-7-9-18(16)26(13-12-24)21(20)17-11-10-15(3)14-19(17)28-22/h6-11,14,22H,4-5,12-13H2,1-3H3/i24-1. The first-order valence-electron chi connectivity index (χ1n) is 9.84. The number of halogens is 1. The summed E-state index contributed by atoms with van der Waals surface area (Å²) in [6, 6.07) is 14.4. The summed E-state index contributed by atoms with van der Waals surface area (Å²) in [7, 11) is 0. The highest BCUT2D eigenvalue weighted by molar-refractivity contribution is 8.00. The van der Waals surface area contributed by atoms with E-state index in [0.29, 0.717) is 19.6 Å². The molecule has 0 N–H and O–H groups in total. The summed E-state index contributed by atoms with van der Waals surface area (Å²) in [5.74, 6) is 0.131. The normalized spacial score (nSPS) is 15.4. The van der Waals surface area contributed by atoms with E-state index in [2.05, 4.69) is 35.8 Å². The van der Waals surface area contributed by atoms with Crippen LogP contribution < -0.4 is 0 Å². The van der Waals surface area contributed by atoms with Crippen LogP contribution in [0.25, 0.3) is 22.2 Å². The zero-order valence-electron chi connectivity index (χ0n) is 16.5. The molecule has 4 rings (SSSR count). The van der Waals surface area contributed by atoms with Crippen molar-refractivity contribution in [2.24, 2.45) is 0 Å². The van der Waals surface area contributed by atoms with E-state index in [1.165, 1.54) is 0 Å². The molecular weight excluding hydrogens is 370 g/mol. The first-order valence-corrected chi connectivity index (χ1v) is 10.7. The van der Waals surface area contributed by atoms with Gasteiger partial charge in [0.15, 0.2) is 0 Å². The highest BCUT2D eigenvalue weighted by Crippen LogP contribution is 2.53. The molecule has 1 unspecified atom stereocenters. The van der Waals surface area contributed by atoms with Crippen LogP contribution in [0.5, 0.6) is 0 Å². The zero-order chi connectivity index (χ0) is 19.8. The van der Waals surface area contributed by atoms with Crippen molar-refractivity contribution in [2.75, 3.05) is 19.8 Å². The van der Waals surface area contributed by atoms with E-state index in [4.69, 9.17) is 0 Å². The molecule has 146 valence electrons. The number of para-hydroxylation sites is 1. The van der Waals surface area contributed by atoms with E-state index in [1.54, 1.807) is 11.8 Å². The molecule has 2 heterocycles. The molecule has 1 aliphatic heterocycles. The van der Waals surface area contributed by atoms with E-state index in [1.807, 2.05) is 36.9 Å². The number of thioether (sulfide) groups is 1. The second-order valence-electron chi connectivity index (χ2n) is 7.13. The van der Waals surface area contributed by atoms with Gasteiger partial charge in [0, 0.05) is 40.0 Å². The summed E-state index contributed by atoms with van der Waals surface area (Å²) in [6.45, 7) is 7.32. The molecule has 0 saturated heterocycles. The third-order valence-electron chi connectivity index (χ3n) is 5.52. The predicted molar refractivity (Wildman–Crippen MR) is 115 cm³/mol. The van der Waals surface area contributed by atoms with Crippen LogP contribution in [0.4, 0.5) is 4.39 Å². The number of hydrogen-bond acceptors (Lipinski definition) is 2. The second kappa shape index (κ2) is 7.63. The van der Waals surface area contributed by atoms with Gasteiger partial charge in [-0.05, 0) is 38.5 Å². The molecule has 0 spiro atoms. The molecule has 3 aromatic rings. The number of rotatable bonds is 5. The molecule has 3 nitrogen and oxygen atoms in total. The number of fused-ring (bicyclic) bond motifs is 5. The van der Waals surface area contributed by atoms with E-state index in [0.717, 1.165) is 38.2 Å². The molecule has 0 fully saturated rings. The van der Waals surface area contributed by atoms with Crippen molar-refractivity contribution in [1.29, 1.82) is 0 Å². The topological polar surface area (TPSA) is 25.2 Å². The fraction of sp³-hybridized carbons (Fsp3) is 0.348. The Balaban J connectivity index is 2.03. The van der Waals surface area contributed by atoms with E-state index in [-0.39, 0.29) is 11.2 Å². The Morgan fingerprint density at radius 3 is 2.64 bits per heavy atom. The third kappa shape index (κ3) is 2.93. The van der Waals surface area contributed by atoms with Crippen LogP contribution in [-0.2, 0) is 11.3 Å². The minimum Gasteiger partial charge on any atom is -0.342 e. The van der Waals surface area contributed by atoms with Gasteiger partial charge in [0.1, 0.15) is 11.9 Å². The van der Waals surface area contributed by atoms with Gasteiger partial charge in [-0.3, -0.25) is 4.79 Å². The molecule has 2 aromatic carbocycles. The van der Waals surface area contributed by atoms with Crippen molar-refractivity contribution in [3.63, 3.8) is 0 Å². The first kappa shape index (κ1) is 19.1. The zero-order valence-corrected chi connectivity index (χ0v) is 17.4. The van der Waals surface area contributed by atoms with Crippen molar-refractivity contribution in [1.82, 2.24) is 9.47 Å². The van der Waals surface area contributed by atoms with Crippen molar-refractivity contribution < 1.29 is 9.18 Å². The van der Waals surface area contributed by atoms with Crippen LogP contribution in [0.2, 0.25) is 0 Å². The molecular formula is C23H25FN2OS. The van der Waals surface area contributed by atoms with Crippen molar-refractivity contribution in [3.05, 3.63) is 53.6 Å². The molecule has 1 aliphatic rings. The monoisotopic (exact) mass is 395 g/mol. The molecule has 0 aliphatic carbocycles. The molecule has 1 atom stereocenters. The van der Waals surface area contributed by atoms with Crippen LogP contribution in [-0.4, -0.2) is 35.1 Å². The van der Waals surface area contributed by atoms with Crippen molar-refractivity contribution in [2.45, 2.75) is 37.5 Å². The highest BCUT2D eigenvalue weighted by Gasteiger charge is 2.37. The summed E-state index contributed by atoms with van der Waals surface area (Å²) in [5.41, 5.74) is 5.28. The Hall–Kier alpha value is -2.27. The predicted octanol–water partition coefficient (Wildman–Crippen LogP) is 5.60. The number of amides is 1. The van der Waals surface area contributed by atoms with Crippen LogP contribution >= 0.6 is 11.8 Å². The van der Waals surface area contributed by atoms with Crippen LogP contribution in [0.1, 0.15) is 30.2 Å². The van der Waals surface area contributed by atoms with Crippen molar-refractivity contribution >= 4 is 28.6 Å². The molecule has 5 heteroatoms. The fourth-order valence-electron chi connectivity index (χ4n) is 4.19. The maximum Gasteiger partial charge on any atom is 0.240 e. The van der Waals surface area contributed by atoms with E-state index < -0.39 is 6.67 Å². The number of carbonyl (C=O) groups is 1. The number of alkyl halides is 1. The van der Waals surface area contributed by atoms with Crippen LogP contribution in [0.3, 0.4) is 0 Å². The number of benzene rings is 2. The maximum absolute atomic E-state index is 13.5. The van der Waals surface area contributed by atoms with Crippen LogP contribution in [0, 0.1) is 6.92 Å². The Labute approximate surface area is 169 Å². The van der Waals surface area contributed by atoms with E-state index in [9.17, 15) is 9.18 Å². The van der Waals surface area contributed by atoms with E-state index >= 15 is 0 Å². The highest BCUT2D eigenvalue weighted by atomic mass is 32.2. The summed E-state index contributed by atoms with van der Waals surface area (Å²) in [5, 5.41) is 0.741. The average molecular weight is 396 g/mol. The number of aromatic nitrogens is 1. The van der Waals surface area contributed by atoms with Gasteiger partial charge in [0.25, 0.3) is 0 Å². The average Bonchev–Trinajstić information content (AvgIpc) is 3.03. The minimum absolute atomic E-state index is 0.131. The van der Waals surface area contributed by atoms with Gasteiger partial charge in [-0.1, -0.05) is 30.3 Å². The molecule has 0 radical (unpaired) electrons. The van der Waals surface area contributed by atoms with Gasteiger partial charge in [0.2, 0.25) is 5.91 Å². The van der Waals surface area contributed by atoms with Gasteiger partial charge < -0.3 is 9.47 Å². The first-order chi connectivity index (χ1) is 13.6. The van der Waals surface area contributed by atoms with Gasteiger partial charge in [-0.2, -0.15) is 0 Å². The number of carbonyl (C=O) groups excluding carboxylic acids is 1. The largest absolute Gasteiger partial charge is 0.342 e. The summed E-state index contributed by atoms with van der Waals surface area (Å²) < 4.78 is 15.5. The Morgan fingerprint density at radius 1 is 1.18 bits per heavy atom. The van der Waals surface area contributed by atoms with Gasteiger partial charge >= 0.3 is 0 Å². The lowest BCUT2D eigenvalue weighted by Crippen LogP contribution is -2.34. The number of nitrogens with zero attached hydrogens (tertiary/aromatic N) is 2. The molecule has 1 aromatic heterocycles. The fourth-order valence-corrected chi connectivity index (χ4v) is 5.59. The quantitative estimate of drug-likeness (QED) is 0.562. The van der Waals surface area contributed by atoms with Gasteiger partial charge in [-0.15, -0.1) is 11.8 Å². The maximum atomic E-state index is 13.5. The third-order valence-corrected chi connectivity index (χ3v) is 6.78. The summed E-state index contributed by atoms with van der Waals surface area (Å²) >= 11 is 1.63. The number of hydrogen-bond donors (Lipinski definition) is 0. The smallest absolute Gasteiger partial charge is 0.240 e. The minimum atomic E-state index is -0.436. The second-order valence-corrected chi connectivity index (χ2v) is 8.28. The summed E-state index contributed by atoms with van der Waals surface area (Å²) in [6.07, 6.45) is 0. The molecule has 0 bridgehead atoms. The lowest BCUT2D eigenvalue weighted by molar-refractivity contribution is -0.130. The number of likely N-dealkylation sites (N-methyl/N-ethyl adjacent to an activating group) is 1. The molecule has 0 saturated carbocycles. The lowest BCUT2D eigenvalue weighted by Gasteiger charge is -2.30. The Bertz CT molecular complexity index is 1040. The Kier molecular flexibility index (Phi) is 5.19. The Morgan fingerprint density at radius 2 is 1.93 bits per heavy atom. The molecule has 28 heavy (non-hydrogen) atoms. The van der Waals surface area contributed by atoms with Gasteiger partial charge in [-0.25, -0.2) is 4.39 Å². The van der Waals surface area contributed by atoms with Crippen molar-refractivity contribution in [3.8, 4) is 11.3 Å². The summed E-state index contributed by atoms with van der Waals surface area (Å²) in [4.78, 5) is 16.4. The van der Waals surface area contributed by atoms with Gasteiger partial charge in [0.05, 0.1) is 12.2 Å². The SMILES string of the molecule is CCN(CC)C(=O)C1Sc2cc(C)ccc2-c2c1c1ccccc1n2CC[18F]. The van der Waals surface area contributed by atoms with Crippen LogP contribution in [0.15, 0.2) is 47.4 Å². The lowest BCUT2D eigenvalue weighted by atomic mass is 9.99.